The molecular weight excluding hydrogens is 352 g/mol. The Kier molecular flexibility index (Phi) is 8.24. The van der Waals surface area contributed by atoms with Crippen molar-refractivity contribution in [3.63, 3.8) is 0 Å². The molecule has 0 aliphatic heterocycles. The van der Waals surface area contributed by atoms with Crippen molar-refractivity contribution in [3.8, 4) is 0 Å². The second-order valence-corrected chi connectivity index (χ2v) is 7.66. The maximum absolute atomic E-state index is 12.0. The predicted molar refractivity (Wildman–Crippen MR) is 106 cm³/mol. The molecule has 2 aromatic rings. The van der Waals surface area contributed by atoms with Crippen LogP contribution in [0.5, 0.6) is 0 Å². The van der Waals surface area contributed by atoms with Gasteiger partial charge in [-0.05, 0) is 37.1 Å². The van der Waals surface area contributed by atoms with Gasteiger partial charge in [0.1, 0.15) is 0 Å². The minimum absolute atomic E-state index is 0. The molecule has 144 valence electrons. The Morgan fingerprint density at radius 3 is 2.46 bits per heavy atom. The van der Waals surface area contributed by atoms with E-state index in [1.54, 1.807) is 0 Å². The first kappa shape index (κ1) is 22.1. The number of carbonyl (C=O) groups excluding carboxylic acids is 1. The average Bonchev–Trinajstić information content (AvgIpc) is 2.94. The summed E-state index contributed by atoms with van der Waals surface area (Å²) in [6.07, 6.45) is 1.81. The van der Waals surface area contributed by atoms with Gasteiger partial charge in [-0.15, -0.1) is 12.4 Å². The lowest BCUT2D eigenvalue weighted by atomic mass is 9.92. The van der Waals surface area contributed by atoms with Crippen molar-refractivity contribution in [1.82, 2.24) is 15.5 Å². The molecular formula is C19H29ClN4O2. The van der Waals surface area contributed by atoms with Gasteiger partial charge in [-0.3, -0.25) is 4.79 Å². The number of halogens is 1. The number of hydrogen-bond acceptors (Lipinski definition) is 5. The highest BCUT2D eigenvalue weighted by Gasteiger charge is 2.16. The molecule has 0 saturated carbocycles. The minimum Gasteiger partial charge on any atom is -0.339 e. The Labute approximate surface area is 161 Å². The predicted octanol–water partition coefficient (Wildman–Crippen LogP) is 3.61. The van der Waals surface area contributed by atoms with Crippen LogP contribution < -0.4 is 10.6 Å². The third-order valence-electron chi connectivity index (χ3n) is 3.78. The molecule has 0 radical (unpaired) electrons. The Bertz CT molecular complexity index is 692. The zero-order valence-corrected chi connectivity index (χ0v) is 16.9. The molecule has 0 bridgehead atoms. The number of benzene rings is 1. The quantitative estimate of drug-likeness (QED) is 0.767. The second kappa shape index (κ2) is 9.69. The van der Waals surface area contributed by atoms with Gasteiger partial charge in [0.25, 0.3) is 0 Å². The zero-order chi connectivity index (χ0) is 18.4. The first-order valence-corrected chi connectivity index (χ1v) is 8.63. The number of anilines is 1. The van der Waals surface area contributed by atoms with E-state index in [2.05, 4.69) is 27.7 Å². The zero-order valence-electron chi connectivity index (χ0n) is 16.1. The third-order valence-corrected chi connectivity index (χ3v) is 3.78. The van der Waals surface area contributed by atoms with Gasteiger partial charge in [-0.2, -0.15) is 4.98 Å². The van der Waals surface area contributed by atoms with Gasteiger partial charge >= 0.3 is 0 Å². The van der Waals surface area contributed by atoms with Crippen molar-refractivity contribution in [2.75, 3.05) is 12.4 Å². The maximum Gasteiger partial charge on any atom is 0.231 e. The third kappa shape index (κ3) is 7.54. The van der Waals surface area contributed by atoms with E-state index < -0.39 is 0 Å². The summed E-state index contributed by atoms with van der Waals surface area (Å²) >= 11 is 0. The molecule has 1 aromatic heterocycles. The van der Waals surface area contributed by atoms with Gasteiger partial charge in [0.15, 0.2) is 5.82 Å². The van der Waals surface area contributed by atoms with E-state index in [-0.39, 0.29) is 23.7 Å². The number of rotatable bonds is 7. The molecule has 2 rings (SSSR count). The lowest BCUT2D eigenvalue weighted by Crippen LogP contribution is -2.24. The Hall–Kier alpha value is -1.92. The van der Waals surface area contributed by atoms with Crippen LogP contribution in [0.4, 0.5) is 5.69 Å². The fraction of sp³-hybridized carbons (Fsp3) is 0.526. The molecule has 1 unspecified atom stereocenters. The minimum atomic E-state index is -0.0233. The number of aromatic nitrogens is 2. The summed E-state index contributed by atoms with van der Waals surface area (Å²) in [4.78, 5) is 16.4. The van der Waals surface area contributed by atoms with Gasteiger partial charge in [0.2, 0.25) is 11.8 Å². The molecule has 2 N–H and O–H groups in total. The highest BCUT2D eigenvalue weighted by Crippen LogP contribution is 2.20. The molecule has 1 heterocycles. The number of nitrogens with zero attached hydrogens (tertiary/aromatic N) is 2. The lowest BCUT2D eigenvalue weighted by molar-refractivity contribution is -0.117. The number of hydrogen-bond donors (Lipinski definition) is 2. The van der Waals surface area contributed by atoms with Crippen molar-refractivity contribution in [2.24, 2.45) is 5.41 Å². The highest BCUT2D eigenvalue weighted by atomic mass is 35.5. The molecule has 0 spiro atoms. The number of likely N-dealkylation sites (N-methyl/N-ethyl adjacent to an activating group) is 1. The summed E-state index contributed by atoms with van der Waals surface area (Å²) in [6.45, 7) is 8.21. The van der Waals surface area contributed by atoms with Crippen LogP contribution in [0.15, 0.2) is 28.8 Å². The van der Waals surface area contributed by atoms with Gasteiger partial charge in [-0.1, -0.05) is 38.1 Å². The van der Waals surface area contributed by atoms with Crippen molar-refractivity contribution in [2.45, 2.75) is 53.0 Å². The molecule has 7 heteroatoms. The Balaban J connectivity index is 0.00000338. The first-order chi connectivity index (χ1) is 11.7. The molecule has 1 aromatic carbocycles. The van der Waals surface area contributed by atoms with Crippen molar-refractivity contribution >= 4 is 24.0 Å². The summed E-state index contributed by atoms with van der Waals surface area (Å²) in [5, 5.41) is 10.1. The fourth-order valence-electron chi connectivity index (χ4n) is 2.39. The molecule has 1 atom stereocenters. The standard InChI is InChI=1S/C19H28N4O2.ClH/c1-13(20-5)10-16-22-18(25-23-16)11-14-6-8-15(9-7-14)21-17(24)12-19(2,3)4;/h6-9,13,20H,10-12H2,1-5H3,(H,21,24);1H. The van der Waals surface area contributed by atoms with Crippen molar-refractivity contribution < 1.29 is 9.32 Å². The Morgan fingerprint density at radius 2 is 1.88 bits per heavy atom. The number of amides is 1. The van der Waals surface area contributed by atoms with Gasteiger partial charge in [0, 0.05) is 24.6 Å². The van der Waals surface area contributed by atoms with Crippen molar-refractivity contribution in [3.05, 3.63) is 41.5 Å². The fourth-order valence-corrected chi connectivity index (χ4v) is 2.39. The van der Waals surface area contributed by atoms with Crippen LogP contribution in [0, 0.1) is 5.41 Å². The molecule has 26 heavy (non-hydrogen) atoms. The van der Waals surface area contributed by atoms with Crippen LogP contribution >= 0.6 is 12.4 Å². The Morgan fingerprint density at radius 1 is 1.23 bits per heavy atom. The summed E-state index contributed by atoms with van der Waals surface area (Å²) < 4.78 is 5.30. The van der Waals surface area contributed by atoms with E-state index in [1.807, 2.05) is 52.1 Å². The number of nitrogens with one attached hydrogen (secondary N) is 2. The topological polar surface area (TPSA) is 80.0 Å². The summed E-state index contributed by atoms with van der Waals surface area (Å²) in [7, 11) is 1.91. The van der Waals surface area contributed by atoms with Crippen LogP contribution in [0.2, 0.25) is 0 Å². The smallest absolute Gasteiger partial charge is 0.231 e. The van der Waals surface area contributed by atoms with Crippen LogP contribution in [0.25, 0.3) is 0 Å². The summed E-state index contributed by atoms with van der Waals surface area (Å²) in [5.41, 5.74) is 1.84. The largest absolute Gasteiger partial charge is 0.339 e. The van der Waals surface area contributed by atoms with Gasteiger partial charge in [-0.25, -0.2) is 0 Å². The molecule has 1 amide bonds. The SMILES string of the molecule is CNC(C)Cc1noc(Cc2ccc(NC(=O)CC(C)(C)C)cc2)n1.Cl. The summed E-state index contributed by atoms with van der Waals surface area (Å²) in [5.74, 6) is 1.34. The van der Waals surface area contributed by atoms with E-state index in [0.717, 1.165) is 17.7 Å². The van der Waals surface area contributed by atoms with Crippen molar-refractivity contribution in [1.29, 1.82) is 0 Å². The second-order valence-electron chi connectivity index (χ2n) is 7.66. The van der Waals surface area contributed by atoms with E-state index in [0.29, 0.717) is 30.6 Å². The lowest BCUT2D eigenvalue weighted by Gasteiger charge is -2.17. The normalized spacial score (nSPS) is 12.3. The highest BCUT2D eigenvalue weighted by molar-refractivity contribution is 5.91. The van der Waals surface area contributed by atoms with E-state index in [4.69, 9.17) is 4.52 Å². The monoisotopic (exact) mass is 380 g/mol. The van der Waals surface area contributed by atoms with Gasteiger partial charge in [0.05, 0.1) is 6.42 Å². The molecule has 6 nitrogen and oxygen atoms in total. The number of carbonyl (C=O) groups is 1. The molecule has 0 aliphatic carbocycles. The molecule has 0 saturated heterocycles. The summed E-state index contributed by atoms with van der Waals surface area (Å²) in [6, 6.07) is 8.04. The van der Waals surface area contributed by atoms with Crippen LogP contribution in [0.3, 0.4) is 0 Å². The van der Waals surface area contributed by atoms with E-state index in [1.165, 1.54) is 0 Å². The van der Waals surface area contributed by atoms with Crippen LogP contribution in [-0.2, 0) is 17.6 Å². The molecule has 0 fully saturated rings. The molecule has 0 aliphatic rings. The maximum atomic E-state index is 12.0. The van der Waals surface area contributed by atoms with E-state index >= 15 is 0 Å². The van der Waals surface area contributed by atoms with E-state index in [9.17, 15) is 4.79 Å². The van der Waals surface area contributed by atoms with Crippen LogP contribution in [-0.4, -0.2) is 29.1 Å². The van der Waals surface area contributed by atoms with Gasteiger partial charge < -0.3 is 15.2 Å². The first-order valence-electron chi connectivity index (χ1n) is 8.63. The van der Waals surface area contributed by atoms with Crippen LogP contribution in [0.1, 0.15) is 51.4 Å². The average molecular weight is 381 g/mol.